The van der Waals surface area contributed by atoms with Crippen molar-refractivity contribution in [2.75, 3.05) is 17.7 Å². The fraction of sp³-hybridized carbons (Fsp3) is 0.333. The van der Waals surface area contributed by atoms with Gasteiger partial charge in [-0.1, -0.05) is 41.9 Å². The van der Waals surface area contributed by atoms with Crippen molar-refractivity contribution in [2.45, 2.75) is 38.9 Å². The molecular weight excluding hydrogens is 491 g/mol. The predicted molar refractivity (Wildman–Crippen MR) is 130 cm³/mol. The van der Waals surface area contributed by atoms with Crippen LogP contribution in [-0.4, -0.2) is 39.0 Å². The molecule has 0 radical (unpaired) electrons. The number of amides is 1. The van der Waals surface area contributed by atoms with Gasteiger partial charge in [-0.3, -0.25) is 4.79 Å². The average Bonchev–Trinajstić information content (AvgIpc) is 3.38. The summed E-state index contributed by atoms with van der Waals surface area (Å²) in [5.74, 6) is 0.0702. The first-order valence-electron chi connectivity index (χ1n) is 9.98. The number of anilines is 1. The Morgan fingerprint density at radius 2 is 1.94 bits per heavy atom. The number of nitrogens with one attached hydrogen (secondary N) is 1. The summed E-state index contributed by atoms with van der Waals surface area (Å²) in [6.07, 6.45) is 0.763. The van der Waals surface area contributed by atoms with E-state index in [0.29, 0.717) is 38.1 Å². The van der Waals surface area contributed by atoms with E-state index >= 15 is 0 Å². The molecule has 0 aliphatic heterocycles. The van der Waals surface area contributed by atoms with Crippen LogP contribution < -0.4 is 5.32 Å². The molecule has 0 spiro atoms. The number of carbonyl (C=O) groups is 2. The third kappa shape index (κ3) is 5.64. The number of aromatic nitrogens is 3. The molecule has 0 bridgehead atoms. The van der Waals surface area contributed by atoms with Crippen LogP contribution in [0.15, 0.2) is 29.4 Å². The lowest BCUT2D eigenvalue weighted by atomic mass is 10.2. The van der Waals surface area contributed by atoms with Crippen LogP contribution in [0.3, 0.4) is 0 Å². The van der Waals surface area contributed by atoms with Crippen molar-refractivity contribution in [1.29, 1.82) is 0 Å². The summed E-state index contributed by atoms with van der Waals surface area (Å²) in [5, 5.41) is 13.3. The molecule has 2 aromatic heterocycles. The number of esters is 1. The topological polar surface area (TPSA) is 86.1 Å². The molecule has 3 aromatic rings. The van der Waals surface area contributed by atoms with Gasteiger partial charge in [-0.25, -0.2) is 4.79 Å². The molecule has 1 N–H and O–H groups in total. The Morgan fingerprint density at radius 3 is 2.59 bits per heavy atom. The molecule has 0 unspecified atom stereocenters. The minimum absolute atomic E-state index is 0.112. The number of aryl methyl sites for hydroxylation is 1. The van der Waals surface area contributed by atoms with E-state index in [-0.39, 0.29) is 18.3 Å². The van der Waals surface area contributed by atoms with Gasteiger partial charge in [0, 0.05) is 17.0 Å². The van der Waals surface area contributed by atoms with E-state index in [4.69, 9.17) is 27.9 Å². The molecule has 0 atom stereocenters. The van der Waals surface area contributed by atoms with Gasteiger partial charge in [0.05, 0.1) is 28.0 Å². The number of halogens is 2. The number of hydrogen-bond donors (Lipinski definition) is 1. The van der Waals surface area contributed by atoms with E-state index in [2.05, 4.69) is 15.5 Å². The van der Waals surface area contributed by atoms with E-state index in [1.165, 1.54) is 23.1 Å². The maximum absolute atomic E-state index is 12.6. The summed E-state index contributed by atoms with van der Waals surface area (Å²) in [4.78, 5) is 25.8. The van der Waals surface area contributed by atoms with Gasteiger partial charge in [-0.05, 0) is 44.5 Å². The highest BCUT2D eigenvalue weighted by Crippen LogP contribution is 2.31. The van der Waals surface area contributed by atoms with Crippen molar-refractivity contribution < 1.29 is 14.3 Å². The van der Waals surface area contributed by atoms with Crippen LogP contribution in [0.1, 0.15) is 36.0 Å². The molecular formula is C21H22Cl2N4O3S2. The molecule has 1 aromatic carbocycles. The normalized spacial score (nSPS) is 10.9. The molecule has 0 saturated carbocycles. The highest BCUT2D eigenvalue weighted by molar-refractivity contribution is 7.99. The Bertz CT molecular complexity index is 1130. The van der Waals surface area contributed by atoms with Crippen molar-refractivity contribution >= 4 is 63.2 Å². The molecule has 170 valence electrons. The molecule has 0 fully saturated rings. The minimum Gasteiger partial charge on any atom is -0.462 e. The van der Waals surface area contributed by atoms with Gasteiger partial charge in [-0.15, -0.1) is 21.5 Å². The zero-order valence-electron chi connectivity index (χ0n) is 17.8. The third-order valence-corrected chi connectivity index (χ3v) is 7.32. The standard InChI is InChI=1S/C21H22Cl2N4O3S2/c1-4-13-10-14(20(29)30-6-3)19(32-13)24-17(28)11-31-21-26-25-18(27(21)5-2)12-7-8-15(22)16(23)9-12/h7-10H,4-6,11H2,1-3H3,(H,24,28). The monoisotopic (exact) mass is 512 g/mol. The van der Waals surface area contributed by atoms with Gasteiger partial charge in [0.15, 0.2) is 11.0 Å². The van der Waals surface area contributed by atoms with Crippen LogP contribution in [0.4, 0.5) is 5.00 Å². The van der Waals surface area contributed by atoms with E-state index in [1.54, 1.807) is 25.1 Å². The van der Waals surface area contributed by atoms with Gasteiger partial charge < -0.3 is 14.6 Å². The number of rotatable bonds is 9. The Kier molecular flexibility index (Phi) is 8.58. The van der Waals surface area contributed by atoms with E-state index < -0.39 is 5.97 Å². The van der Waals surface area contributed by atoms with Crippen molar-refractivity contribution in [1.82, 2.24) is 14.8 Å². The maximum atomic E-state index is 12.6. The van der Waals surface area contributed by atoms with E-state index in [9.17, 15) is 9.59 Å². The minimum atomic E-state index is -0.441. The average molecular weight is 513 g/mol. The molecule has 7 nitrogen and oxygen atoms in total. The van der Waals surface area contributed by atoms with Gasteiger partial charge in [0.2, 0.25) is 5.91 Å². The second-order valence-electron chi connectivity index (χ2n) is 6.55. The smallest absolute Gasteiger partial charge is 0.341 e. The first-order valence-corrected chi connectivity index (χ1v) is 12.5. The van der Waals surface area contributed by atoms with Crippen LogP contribution >= 0.6 is 46.3 Å². The summed E-state index contributed by atoms with van der Waals surface area (Å²) in [6, 6.07) is 7.04. The van der Waals surface area contributed by atoms with Gasteiger partial charge in [0.1, 0.15) is 5.00 Å². The van der Waals surface area contributed by atoms with Crippen LogP contribution in [-0.2, 0) is 22.5 Å². The molecule has 0 saturated heterocycles. The second kappa shape index (κ2) is 11.2. The summed E-state index contributed by atoms with van der Waals surface area (Å²) in [7, 11) is 0. The highest BCUT2D eigenvalue weighted by atomic mass is 35.5. The third-order valence-electron chi connectivity index (χ3n) is 4.42. The SMILES string of the molecule is CCOC(=O)c1cc(CC)sc1NC(=O)CSc1nnc(-c2ccc(Cl)c(Cl)c2)n1CC. The number of benzene rings is 1. The first kappa shape index (κ1) is 24.6. The molecule has 0 aliphatic carbocycles. The molecule has 11 heteroatoms. The summed E-state index contributed by atoms with van der Waals surface area (Å²) in [6.45, 7) is 6.59. The lowest BCUT2D eigenvalue weighted by Crippen LogP contribution is -2.16. The zero-order valence-corrected chi connectivity index (χ0v) is 20.9. The zero-order chi connectivity index (χ0) is 23.3. The number of thiophene rings is 1. The van der Waals surface area contributed by atoms with Crippen LogP contribution in [0.2, 0.25) is 10.0 Å². The Labute approximate surface area is 204 Å². The fourth-order valence-electron chi connectivity index (χ4n) is 2.89. The lowest BCUT2D eigenvalue weighted by molar-refractivity contribution is -0.113. The van der Waals surface area contributed by atoms with Crippen LogP contribution in [0.5, 0.6) is 0 Å². The fourth-order valence-corrected chi connectivity index (χ4v) is 4.99. The Morgan fingerprint density at radius 1 is 1.16 bits per heavy atom. The predicted octanol–water partition coefficient (Wildman–Crippen LogP) is 5.80. The lowest BCUT2D eigenvalue weighted by Gasteiger charge is -2.08. The molecule has 2 heterocycles. The summed E-state index contributed by atoms with van der Waals surface area (Å²) >= 11 is 14.8. The largest absolute Gasteiger partial charge is 0.462 e. The number of nitrogens with zero attached hydrogens (tertiary/aromatic N) is 3. The van der Waals surface area contributed by atoms with Crippen LogP contribution in [0.25, 0.3) is 11.4 Å². The molecule has 32 heavy (non-hydrogen) atoms. The summed E-state index contributed by atoms with van der Waals surface area (Å²) < 4.78 is 7.00. The van der Waals surface area contributed by atoms with Crippen molar-refractivity contribution in [3.63, 3.8) is 0 Å². The molecule has 0 aliphatic rings. The van der Waals surface area contributed by atoms with Gasteiger partial charge in [-0.2, -0.15) is 0 Å². The van der Waals surface area contributed by atoms with Crippen LogP contribution in [0, 0.1) is 0 Å². The number of ether oxygens (including phenoxy) is 1. The maximum Gasteiger partial charge on any atom is 0.341 e. The Hall–Kier alpha value is -2.07. The van der Waals surface area contributed by atoms with Crippen molar-refractivity contribution in [3.8, 4) is 11.4 Å². The molecule has 3 rings (SSSR count). The quantitative estimate of drug-likeness (QED) is 0.287. The highest BCUT2D eigenvalue weighted by Gasteiger charge is 2.20. The van der Waals surface area contributed by atoms with E-state index in [1.807, 2.05) is 24.5 Å². The number of thioether (sulfide) groups is 1. The van der Waals surface area contributed by atoms with Crippen molar-refractivity contribution in [3.05, 3.63) is 44.8 Å². The Balaban J connectivity index is 1.72. The summed E-state index contributed by atoms with van der Waals surface area (Å²) in [5.41, 5.74) is 1.17. The number of hydrogen-bond acceptors (Lipinski definition) is 7. The number of carbonyl (C=O) groups excluding carboxylic acids is 2. The molecule has 1 amide bonds. The van der Waals surface area contributed by atoms with Gasteiger partial charge in [0.25, 0.3) is 0 Å². The van der Waals surface area contributed by atoms with Crippen molar-refractivity contribution in [2.24, 2.45) is 0 Å². The second-order valence-corrected chi connectivity index (χ2v) is 9.44. The van der Waals surface area contributed by atoms with E-state index in [0.717, 1.165) is 16.9 Å². The first-order chi connectivity index (χ1) is 15.4. The van der Waals surface area contributed by atoms with Gasteiger partial charge >= 0.3 is 5.97 Å².